The third-order valence-corrected chi connectivity index (χ3v) is 3.48. The molecule has 2 unspecified atom stereocenters. The number of benzene rings is 1. The van der Waals surface area contributed by atoms with E-state index in [-0.39, 0.29) is 0 Å². The van der Waals surface area contributed by atoms with Gasteiger partial charge in [0, 0.05) is 28.7 Å². The lowest BCUT2D eigenvalue weighted by Crippen LogP contribution is -2.54. The number of para-hydroxylation sites is 1. The summed E-state index contributed by atoms with van der Waals surface area (Å²) < 4.78 is 0.296. The van der Waals surface area contributed by atoms with Crippen LogP contribution in [0.5, 0.6) is 0 Å². The van der Waals surface area contributed by atoms with E-state index in [0.717, 1.165) is 0 Å². The Morgan fingerprint density at radius 1 is 1.45 bits per heavy atom. The number of carbonyl (C=O) groups is 1. The number of rotatable bonds is 1. The summed E-state index contributed by atoms with van der Waals surface area (Å²) in [6.07, 6.45) is 3.47. The van der Waals surface area contributed by atoms with Crippen LogP contribution in [-0.2, 0) is 0 Å². The van der Waals surface area contributed by atoms with Crippen molar-refractivity contribution in [1.29, 1.82) is 0 Å². The molecule has 1 aromatic carbocycles. The van der Waals surface area contributed by atoms with Gasteiger partial charge in [-0.3, -0.25) is 4.42 Å². The fraction of sp³-hybridized carbons (Fsp3) is 0.0833. The summed E-state index contributed by atoms with van der Waals surface area (Å²) in [5.41, 5.74) is 1.55. The van der Waals surface area contributed by atoms with E-state index in [4.69, 9.17) is 17.6 Å². The van der Waals surface area contributed by atoms with E-state index >= 15 is 0 Å². The van der Waals surface area contributed by atoms with E-state index < -0.39 is 16.8 Å². The van der Waals surface area contributed by atoms with Crippen molar-refractivity contribution in [3.63, 3.8) is 0 Å². The van der Waals surface area contributed by atoms with Crippen molar-refractivity contribution in [2.24, 2.45) is 15.9 Å². The molecule has 3 rings (SSSR count). The first-order valence-corrected chi connectivity index (χ1v) is 6.13. The summed E-state index contributed by atoms with van der Waals surface area (Å²) in [6.45, 7) is 0. The zero-order valence-electron chi connectivity index (χ0n) is 10.2. The largest absolute Gasteiger partial charge is 0.567 e. The summed E-state index contributed by atoms with van der Waals surface area (Å²) in [7, 11) is 0. The van der Waals surface area contributed by atoms with Crippen molar-refractivity contribution >= 4 is 35.6 Å². The van der Waals surface area contributed by atoms with E-state index in [1.807, 2.05) is 0 Å². The second kappa shape index (κ2) is 4.41. The van der Waals surface area contributed by atoms with Crippen LogP contribution in [0.3, 0.4) is 0 Å². The molecular formula is C12H11ClN5O2+. The first kappa shape index (κ1) is 12.8. The Morgan fingerprint density at radius 2 is 2.20 bits per heavy atom. The van der Waals surface area contributed by atoms with E-state index in [2.05, 4.69) is 10.1 Å². The zero-order valence-corrected chi connectivity index (χ0v) is 11.0. The molecule has 2 atom stereocenters. The molecule has 0 saturated heterocycles. The first-order valence-electron chi connectivity index (χ1n) is 5.79. The molecule has 2 aliphatic heterocycles. The molecule has 1 amide bonds. The number of fused-ring (bicyclic) bond motifs is 1. The molecule has 2 aliphatic rings. The number of nitrogens with two attached hydrogens (primary N) is 1. The quantitative estimate of drug-likeness (QED) is 0.356. The first-order chi connectivity index (χ1) is 9.54. The van der Waals surface area contributed by atoms with Crippen molar-refractivity contribution < 1.29 is 9.90 Å². The highest BCUT2D eigenvalue weighted by Crippen LogP contribution is 2.34. The summed E-state index contributed by atoms with van der Waals surface area (Å²) in [5, 5.41) is 13.5. The Labute approximate surface area is 119 Å². The number of hydrogen-bond donors (Lipinski definition) is 2. The minimum atomic E-state index is -1.26. The number of quaternary nitrogens is 1. The van der Waals surface area contributed by atoms with Crippen LogP contribution in [0.25, 0.3) is 0 Å². The van der Waals surface area contributed by atoms with E-state index in [0.29, 0.717) is 17.0 Å². The lowest BCUT2D eigenvalue weighted by Gasteiger charge is -2.21. The van der Waals surface area contributed by atoms with Crippen molar-refractivity contribution in [3.8, 4) is 0 Å². The summed E-state index contributed by atoms with van der Waals surface area (Å²) in [6, 6.07) is 6.51. The normalized spacial score (nSPS) is 27.4. The molecule has 0 bridgehead atoms. The molecule has 0 radical (unpaired) electrons. The van der Waals surface area contributed by atoms with Crippen molar-refractivity contribution in [1.82, 2.24) is 9.12 Å². The molecule has 3 N–H and O–H groups in total. The zero-order chi connectivity index (χ0) is 14.3. The van der Waals surface area contributed by atoms with Gasteiger partial charge in [0.1, 0.15) is 18.1 Å². The third kappa shape index (κ3) is 1.72. The van der Waals surface area contributed by atoms with Crippen LogP contribution in [0.2, 0.25) is 0 Å². The topological polar surface area (TPSA) is 91.3 Å². The monoisotopic (exact) mass is 292 g/mol. The van der Waals surface area contributed by atoms with E-state index in [9.17, 15) is 9.90 Å². The SMILES string of the molecule is N[N+]1(C(=O)O)N=C(C2C=CN=CN2Cl)c2ccccc21. The van der Waals surface area contributed by atoms with Gasteiger partial charge in [-0.25, -0.2) is 4.99 Å². The fourth-order valence-electron chi connectivity index (χ4n) is 2.22. The van der Waals surface area contributed by atoms with Gasteiger partial charge in [0.15, 0.2) is 5.69 Å². The van der Waals surface area contributed by atoms with Crippen molar-refractivity contribution in [2.75, 3.05) is 0 Å². The highest BCUT2D eigenvalue weighted by molar-refractivity contribution is 6.24. The van der Waals surface area contributed by atoms with Gasteiger partial charge in [0.25, 0.3) is 0 Å². The van der Waals surface area contributed by atoms with Gasteiger partial charge in [-0.1, -0.05) is 12.1 Å². The Kier molecular flexibility index (Phi) is 2.82. The van der Waals surface area contributed by atoms with Gasteiger partial charge in [-0.15, -0.1) is 5.84 Å². The van der Waals surface area contributed by atoms with Crippen LogP contribution in [0.4, 0.5) is 10.5 Å². The third-order valence-electron chi connectivity index (χ3n) is 3.18. The van der Waals surface area contributed by atoms with Crippen molar-refractivity contribution in [2.45, 2.75) is 6.04 Å². The number of nitrogens with zero attached hydrogens (tertiary/aromatic N) is 4. The lowest BCUT2D eigenvalue weighted by molar-refractivity contribution is 0.149. The fourth-order valence-corrected chi connectivity index (χ4v) is 2.43. The van der Waals surface area contributed by atoms with Gasteiger partial charge < -0.3 is 5.11 Å². The van der Waals surface area contributed by atoms with Gasteiger partial charge in [-0.2, -0.15) is 4.79 Å². The summed E-state index contributed by atoms with van der Waals surface area (Å²) >= 11 is 6.06. The van der Waals surface area contributed by atoms with Crippen LogP contribution >= 0.6 is 11.8 Å². The maximum absolute atomic E-state index is 11.4. The smallest absolute Gasteiger partial charge is 0.432 e. The molecule has 102 valence electrons. The minimum Gasteiger partial charge on any atom is -0.432 e. The van der Waals surface area contributed by atoms with E-state index in [1.54, 1.807) is 36.5 Å². The minimum absolute atomic E-state index is 0.399. The summed E-state index contributed by atoms with van der Waals surface area (Å²) in [5.74, 6) is 5.89. The predicted octanol–water partition coefficient (Wildman–Crippen LogP) is 1.64. The van der Waals surface area contributed by atoms with Gasteiger partial charge in [-0.05, 0) is 17.2 Å². The average molecular weight is 293 g/mol. The van der Waals surface area contributed by atoms with E-state index in [1.165, 1.54) is 10.8 Å². The Balaban J connectivity index is 2.15. The number of carboxylic acid groups (broad SMARTS) is 1. The van der Waals surface area contributed by atoms with Crippen LogP contribution in [0, 0.1) is 0 Å². The molecule has 0 saturated carbocycles. The predicted molar refractivity (Wildman–Crippen MR) is 76.1 cm³/mol. The molecule has 7 nitrogen and oxygen atoms in total. The molecule has 0 spiro atoms. The maximum Gasteiger partial charge on any atom is 0.567 e. The number of amides is 1. The summed E-state index contributed by atoms with van der Waals surface area (Å²) in [4.78, 5) is 15.3. The standard InChI is InChI=1S/C12H10ClN5O2/c13-17-7-15-6-5-9(17)11-8-3-1-2-4-10(8)18(14,16-11)12(19)20/h1-7,9H,14H2/p+1. The molecule has 8 heteroatoms. The van der Waals surface area contributed by atoms with Crippen LogP contribution in [0.15, 0.2) is 46.6 Å². The molecule has 0 aromatic heterocycles. The molecule has 1 aromatic rings. The van der Waals surface area contributed by atoms with Crippen molar-refractivity contribution in [3.05, 3.63) is 42.1 Å². The highest BCUT2D eigenvalue weighted by Gasteiger charge is 2.48. The lowest BCUT2D eigenvalue weighted by atomic mass is 10.0. The Hall–Kier alpha value is -2.22. The Bertz CT molecular complexity index is 672. The van der Waals surface area contributed by atoms with Crippen LogP contribution < -0.4 is 10.5 Å². The highest BCUT2D eigenvalue weighted by atomic mass is 35.5. The molecular weight excluding hydrogens is 282 g/mol. The molecule has 0 aliphatic carbocycles. The second-order valence-electron chi connectivity index (χ2n) is 4.37. The number of halogens is 1. The molecule has 0 fully saturated rings. The average Bonchev–Trinajstić information content (AvgIpc) is 2.75. The maximum atomic E-state index is 11.4. The van der Waals surface area contributed by atoms with Gasteiger partial charge in [0.2, 0.25) is 0 Å². The molecule has 20 heavy (non-hydrogen) atoms. The van der Waals surface area contributed by atoms with Gasteiger partial charge >= 0.3 is 6.09 Å². The Morgan fingerprint density at radius 3 is 2.90 bits per heavy atom. The molecule has 2 heterocycles. The number of hydrogen-bond acceptors (Lipinski definition) is 5. The second-order valence-corrected chi connectivity index (χ2v) is 4.76. The van der Waals surface area contributed by atoms with Gasteiger partial charge in [0.05, 0.1) is 5.56 Å². The van der Waals surface area contributed by atoms with Crippen LogP contribution in [-0.4, -0.2) is 33.7 Å². The van der Waals surface area contributed by atoms with Crippen LogP contribution in [0.1, 0.15) is 5.56 Å². The number of aliphatic imine (C=N–C) groups is 1.